The molecule has 0 bridgehead atoms. The Morgan fingerprint density at radius 2 is 1.84 bits per heavy atom. The van der Waals surface area contributed by atoms with Crippen LogP contribution in [0.4, 0.5) is 10.2 Å². The molecule has 1 fully saturated rings. The normalized spacial score (nSPS) is 33.0. The molecule has 31 heavy (non-hydrogen) atoms. The number of nitrogens with zero attached hydrogens (tertiary/aromatic N) is 2. The van der Waals surface area contributed by atoms with Crippen LogP contribution >= 0.6 is 23.5 Å². The quantitative estimate of drug-likeness (QED) is 0.194. The van der Waals surface area contributed by atoms with Gasteiger partial charge in [-0.15, -0.1) is 0 Å². The predicted molar refractivity (Wildman–Crippen MR) is 93.3 cm³/mol. The van der Waals surface area contributed by atoms with Crippen molar-refractivity contribution in [3.63, 3.8) is 0 Å². The number of aliphatic hydroxyl groups excluding tert-OH is 1. The van der Waals surface area contributed by atoms with Gasteiger partial charge < -0.3 is 40.3 Å². The van der Waals surface area contributed by atoms with Crippen LogP contribution in [0.5, 0.6) is 0 Å². The van der Waals surface area contributed by atoms with E-state index in [1.165, 1.54) is 0 Å². The van der Waals surface area contributed by atoms with Crippen molar-refractivity contribution >= 4 is 29.3 Å². The highest BCUT2D eigenvalue weighted by Gasteiger charge is 2.64. The van der Waals surface area contributed by atoms with Crippen molar-refractivity contribution in [3.8, 4) is 0 Å². The van der Waals surface area contributed by atoms with Gasteiger partial charge in [0.2, 0.25) is 0 Å². The van der Waals surface area contributed by atoms with Crippen LogP contribution < -0.4 is 11.4 Å². The fourth-order valence-corrected chi connectivity index (χ4v) is 5.50. The first kappa shape index (κ1) is 26.2. The first-order chi connectivity index (χ1) is 13.8. The highest BCUT2D eigenvalue weighted by atomic mass is 31.3. The number of ether oxygens (including phenoxy) is 1. The van der Waals surface area contributed by atoms with Crippen molar-refractivity contribution in [1.82, 2.24) is 9.55 Å². The molecule has 3 unspecified atom stereocenters. The van der Waals surface area contributed by atoms with E-state index in [2.05, 4.69) is 18.1 Å². The van der Waals surface area contributed by atoms with Gasteiger partial charge in [-0.1, -0.05) is 0 Å². The molecule has 17 nitrogen and oxygen atoms in total. The molecule has 1 saturated heterocycles. The smallest absolute Gasteiger partial charge is 0.384 e. The molecule has 1 aliphatic rings. The monoisotopic (exact) mass is 515 g/mol. The minimum Gasteiger partial charge on any atom is -0.384 e. The summed E-state index contributed by atoms with van der Waals surface area (Å²) in [4.78, 5) is 50.6. The van der Waals surface area contributed by atoms with E-state index in [9.17, 15) is 33.6 Å². The van der Waals surface area contributed by atoms with Gasteiger partial charge in [0.15, 0.2) is 6.23 Å². The molecule has 1 aliphatic heterocycles. The van der Waals surface area contributed by atoms with E-state index in [1.807, 2.05) is 0 Å². The van der Waals surface area contributed by atoms with E-state index >= 15 is 4.39 Å². The van der Waals surface area contributed by atoms with Crippen molar-refractivity contribution in [2.75, 3.05) is 12.3 Å². The van der Waals surface area contributed by atoms with Crippen LogP contribution in [0.2, 0.25) is 0 Å². The van der Waals surface area contributed by atoms with Crippen LogP contribution in [0.1, 0.15) is 13.2 Å². The number of alkyl halides is 1. The molecule has 1 aromatic heterocycles. The van der Waals surface area contributed by atoms with E-state index in [0.29, 0.717) is 4.57 Å². The lowest BCUT2D eigenvalue weighted by molar-refractivity contribution is -0.204. The van der Waals surface area contributed by atoms with Crippen LogP contribution in [-0.4, -0.2) is 63.5 Å². The number of phosphoric acid groups is 3. The molecule has 0 saturated carbocycles. The molecule has 0 spiro atoms. The molecule has 0 amide bonds. The number of aromatic nitrogens is 2. The molecule has 21 heteroatoms. The summed E-state index contributed by atoms with van der Waals surface area (Å²) in [7, 11) is -17.3. The number of rotatable bonds is 8. The highest BCUT2D eigenvalue weighted by Crippen LogP contribution is 2.66. The number of anilines is 1. The molecule has 178 valence electrons. The Morgan fingerprint density at radius 1 is 1.26 bits per heavy atom. The zero-order valence-electron chi connectivity index (χ0n) is 15.2. The molecular weight excluding hydrogens is 498 g/mol. The third-order valence-electron chi connectivity index (χ3n) is 3.71. The second kappa shape index (κ2) is 8.35. The van der Waals surface area contributed by atoms with E-state index in [4.69, 9.17) is 25.2 Å². The zero-order valence-corrected chi connectivity index (χ0v) is 17.8. The predicted octanol–water partition coefficient (Wildman–Crippen LogP) is -1.52. The van der Waals surface area contributed by atoms with Gasteiger partial charge in [0.1, 0.15) is 24.1 Å². The van der Waals surface area contributed by atoms with E-state index < -0.39 is 59.6 Å². The van der Waals surface area contributed by atoms with Gasteiger partial charge in [0.25, 0.3) is 5.85 Å². The molecule has 0 aromatic carbocycles. The van der Waals surface area contributed by atoms with Crippen molar-refractivity contribution in [2.45, 2.75) is 30.7 Å². The lowest BCUT2D eigenvalue weighted by Crippen LogP contribution is -2.49. The first-order valence-electron chi connectivity index (χ1n) is 7.68. The number of hydrogen-bond acceptors (Lipinski definition) is 12. The summed E-state index contributed by atoms with van der Waals surface area (Å²) in [5.41, 5.74) is 1.65. The summed E-state index contributed by atoms with van der Waals surface area (Å²) >= 11 is 0. The number of phosphoric ester groups is 1. The Labute approximate surface area is 171 Å². The third kappa shape index (κ3) is 6.24. The maximum atomic E-state index is 15.1. The second-order valence-electron chi connectivity index (χ2n) is 6.29. The van der Waals surface area contributed by atoms with Crippen molar-refractivity contribution in [3.05, 3.63) is 22.7 Å². The molecule has 6 atom stereocenters. The summed E-state index contributed by atoms with van der Waals surface area (Å²) in [6, 6.07) is 1.08. The molecule has 2 rings (SSSR count). The van der Waals surface area contributed by atoms with E-state index in [0.717, 1.165) is 19.2 Å². The Morgan fingerprint density at radius 3 is 2.35 bits per heavy atom. The first-order valence-corrected chi connectivity index (χ1v) is 12.2. The summed E-state index contributed by atoms with van der Waals surface area (Å²) < 4.78 is 65.0. The average Bonchev–Trinajstić information content (AvgIpc) is 2.71. The summed E-state index contributed by atoms with van der Waals surface area (Å²) in [5.74, 6) is -3.72. The minimum atomic E-state index is -5.87. The summed E-state index contributed by atoms with van der Waals surface area (Å²) in [6.07, 6.45) is -3.52. The Bertz CT molecular complexity index is 1040. The van der Waals surface area contributed by atoms with Crippen LogP contribution in [0.3, 0.4) is 0 Å². The van der Waals surface area contributed by atoms with Crippen LogP contribution in [0.15, 0.2) is 17.1 Å². The molecule has 1 aromatic rings. The van der Waals surface area contributed by atoms with Crippen LogP contribution in [-0.2, 0) is 31.6 Å². The van der Waals surface area contributed by atoms with Gasteiger partial charge in [-0.3, -0.25) is 9.09 Å². The maximum absolute atomic E-state index is 15.1. The standard InChI is InChI=1S/C10H17FN3O14P3/c1-9(17)6(15)10(11,26-7(9)14-3-2-5(12)13-8(14)16)4-25-30(21,22)28-31(23,24)27-29(18,19)20/h2-3,6-7,15,17H,4H2,1H3,(H,21,22)(H,23,24)(H2,12,13,16)(H2,18,19,20)/t6-,7?,9+,10+/m0/s1. The molecule has 0 radical (unpaired) electrons. The number of aliphatic hydroxyl groups is 2. The minimum absolute atomic E-state index is 0.224. The van der Waals surface area contributed by atoms with Crippen molar-refractivity contribution < 1.29 is 65.8 Å². The Hall–Kier alpha value is -1.10. The fourth-order valence-electron chi connectivity index (χ4n) is 2.47. The fraction of sp³-hybridized carbons (Fsp3) is 0.600. The molecule has 0 aliphatic carbocycles. The second-order valence-corrected chi connectivity index (χ2v) is 10.7. The number of halogens is 1. The van der Waals surface area contributed by atoms with Crippen LogP contribution in [0, 0.1) is 0 Å². The third-order valence-corrected chi connectivity index (χ3v) is 7.50. The molecular formula is C10H17FN3O14P3. The average molecular weight is 515 g/mol. The van der Waals surface area contributed by atoms with Crippen molar-refractivity contribution in [2.24, 2.45) is 0 Å². The largest absolute Gasteiger partial charge is 0.490 e. The van der Waals surface area contributed by atoms with Crippen molar-refractivity contribution in [1.29, 1.82) is 0 Å². The Balaban J connectivity index is 2.21. The van der Waals surface area contributed by atoms with Gasteiger partial charge in [0, 0.05) is 6.20 Å². The van der Waals surface area contributed by atoms with Crippen LogP contribution in [0.25, 0.3) is 0 Å². The lowest BCUT2D eigenvalue weighted by atomic mass is 9.95. The highest BCUT2D eigenvalue weighted by molar-refractivity contribution is 7.66. The van der Waals surface area contributed by atoms with Gasteiger partial charge in [-0.25, -0.2) is 22.9 Å². The van der Waals surface area contributed by atoms with Gasteiger partial charge in [-0.05, 0) is 13.0 Å². The summed E-state index contributed by atoms with van der Waals surface area (Å²) in [6.45, 7) is -0.890. The maximum Gasteiger partial charge on any atom is 0.490 e. The lowest BCUT2D eigenvalue weighted by Gasteiger charge is -2.27. The van der Waals surface area contributed by atoms with E-state index in [1.54, 1.807) is 0 Å². The number of nitrogens with two attached hydrogens (primary N) is 1. The summed E-state index contributed by atoms with van der Waals surface area (Å²) in [5, 5.41) is 20.5. The SMILES string of the molecule is C[C@]1(O)C(n2ccc(N)nc2=O)O[C@](F)(COP(=O)(O)OP(=O)(O)OP(=O)(O)O)[C@H]1O. The van der Waals surface area contributed by atoms with E-state index in [-0.39, 0.29) is 5.82 Å². The zero-order chi connectivity index (χ0) is 24.0. The number of hydrogen-bond donors (Lipinski definition) is 7. The molecule has 8 N–H and O–H groups in total. The topological polar surface area (TPSA) is 270 Å². The molecule has 2 heterocycles. The number of nitrogen functional groups attached to an aromatic ring is 1. The Kier molecular flexibility index (Phi) is 7.05. The van der Waals surface area contributed by atoms with Gasteiger partial charge >= 0.3 is 29.2 Å². The van der Waals surface area contributed by atoms with Gasteiger partial charge in [-0.2, -0.15) is 13.6 Å². The van der Waals surface area contributed by atoms with Gasteiger partial charge in [0.05, 0.1) is 0 Å².